The van der Waals surface area contributed by atoms with Crippen molar-refractivity contribution in [3.63, 3.8) is 0 Å². The highest BCUT2D eigenvalue weighted by molar-refractivity contribution is 7.92. The summed E-state index contributed by atoms with van der Waals surface area (Å²) in [6.07, 6.45) is 3.49. The van der Waals surface area contributed by atoms with Crippen LogP contribution in [0.4, 0.5) is 18.9 Å². The number of hydrogen-bond acceptors (Lipinski definition) is 6. The average Bonchev–Trinajstić information content (AvgIpc) is 3.12. The van der Waals surface area contributed by atoms with E-state index in [4.69, 9.17) is 16.4 Å². The minimum atomic E-state index is -2.80. The molecule has 0 aromatic carbocycles. The van der Waals surface area contributed by atoms with Gasteiger partial charge in [0.05, 0.1) is 30.2 Å². The molecule has 0 bridgehead atoms. The Hall–Kier alpha value is -2.31. The minimum absolute atomic E-state index is 0.0463. The van der Waals surface area contributed by atoms with Crippen molar-refractivity contribution in [2.75, 3.05) is 30.1 Å². The monoisotopic (exact) mass is 477 g/mol. The SMILES string of the molecule is CCN(C(=O)C(C[S+]([O-])CC1CC1(F)F)=NOC)c1cn(-c2cncc(F)c2)nc1Cl. The topological polar surface area (TPSA) is 95.7 Å². The fourth-order valence-corrected chi connectivity index (χ4v) is 4.53. The number of carbonyl (C=O) groups excluding carboxylic acids is 1. The maximum Gasteiger partial charge on any atom is 0.281 e. The van der Waals surface area contributed by atoms with Crippen LogP contribution in [-0.4, -0.2) is 62.0 Å². The molecule has 0 spiro atoms. The molecular weight excluding hydrogens is 459 g/mol. The summed E-state index contributed by atoms with van der Waals surface area (Å²) in [5, 5.41) is 7.67. The van der Waals surface area contributed by atoms with E-state index in [1.165, 1.54) is 35.2 Å². The Morgan fingerprint density at radius 1 is 1.52 bits per heavy atom. The van der Waals surface area contributed by atoms with Gasteiger partial charge in [-0.25, -0.2) is 17.9 Å². The van der Waals surface area contributed by atoms with E-state index in [1.807, 2.05) is 0 Å². The molecule has 0 radical (unpaired) electrons. The summed E-state index contributed by atoms with van der Waals surface area (Å²) < 4.78 is 53.2. The van der Waals surface area contributed by atoms with Crippen molar-refractivity contribution in [3.05, 3.63) is 35.6 Å². The fourth-order valence-electron chi connectivity index (χ4n) is 2.89. The number of rotatable bonds is 9. The number of anilines is 1. The molecule has 31 heavy (non-hydrogen) atoms. The van der Waals surface area contributed by atoms with Crippen molar-refractivity contribution >= 4 is 40.1 Å². The molecule has 1 saturated carbocycles. The van der Waals surface area contributed by atoms with Crippen LogP contribution in [0.1, 0.15) is 13.3 Å². The van der Waals surface area contributed by atoms with Gasteiger partial charge in [0.15, 0.2) is 16.6 Å². The van der Waals surface area contributed by atoms with Crippen LogP contribution in [0.5, 0.6) is 0 Å². The van der Waals surface area contributed by atoms with Crippen molar-refractivity contribution in [2.45, 2.75) is 19.3 Å². The van der Waals surface area contributed by atoms with E-state index < -0.39 is 34.7 Å². The Kier molecular flexibility index (Phi) is 7.12. The largest absolute Gasteiger partial charge is 0.616 e. The lowest BCUT2D eigenvalue weighted by molar-refractivity contribution is -0.112. The van der Waals surface area contributed by atoms with Crippen molar-refractivity contribution in [2.24, 2.45) is 11.1 Å². The van der Waals surface area contributed by atoms with Crippen LogP contribution < -0.4 is 4.90 Å². The first-order valence-electron chi connectivity index (χ1n) is 9.17. The van der Waals surface area contributed by atoms with Gasteiger partial charge in [-0.1, -0.05) is 16.8 Å². The first-order valence-corrected chi connectivity index (χ1v) is 11.0. The van der Waals surface area contributed by atoms with E-state index in [0.717, 1.165) is 6.20 Å². The van der Waals surface area contributed by atoms with E-state index in [2.05, 4.69) is 15.2 Å². The van der Waals surface area contributed by atoms with Crippen molar-refractivity contribution in [3.8, 4) is 5.69 Å². The van der Waals surface area contributed by atoms with Crippen molar-refractivity contribution < 1.29 is 27.4 Å². The number of halogens is 4. The summed E-state index contributed by atoms with van der Waals surface area (Å²) in [5.41, 5.74) is 0.276. The van der Waals surface area contributed by atoms with Gasteiger partial charge in [-0.05, 0) is 18.1 Å². The maximum absolute atomic E-state index is 13.5. The molecule has 2 heterocycles. The highest BCUT2D eigenvalue weighted by Gasteiger charge is 2.59. The van der Waals surface area contributed by atoms with E-state index in [1.54, 1.807) is 6.92 Å². The molecule has 8 nitrogen and oxygen atoms in total. The van der Waals surface area contributed by atoms with Gasteiger partial charge in [-0.3, -0.25) is 9.78 Å². The van der Waals surface area contributed by atoms with E-state index in [-0.39, 0.29) is 46.7 Å². The molecular formula is C18H19ClF3N5O3S. The molecule has 13 heteroatoms. The Balaban J connectivity index is 1.79. The molecule has 0 saturated heterocycles. The Morgan fingerprint density at radius 3 is 2.81 bits per heavy atom. The number of oxime groups is 1. The number of nitrogens with zero attached hydrogens (tertiary/aromatic N) is 5. The summed E-state index contributed by atoms with van der Waals surface area (Å²) in [6, 6.07) is 1.19. The van der Waals surface area contributed by atoms with Gasteiger partial charge >= 0.3 is 0 Å². The van der Waals surface area contributed by atoms with Crippen LogP contribution in [-0.2, 0) is 20.8 Å². The smallest absolute Gasteiger partial charge is 0.281 e. The van der Waals surface area contributed by atoms with Crippen molar-refractivity contribution in [1.29, 1.82) is 0 Å². The maximum atomic E-state index is 13.5. The predicted octanol–water partition coefficient (Wildman–Crippen LogP) is 2.82. The molecule has 2 aromatic heterocycles. The molecule has 168 valence electrons. The molecule has 1 aliphatic carbocycles. The highest BCUT2D eigenvalue weighted by Crippen LogP contribution is 2.49. The predicted molar refractivity (Wildman–Crippen MR) is 110 cm³/mol. The second-order valence-corrected chi connectivity index (χ2v) is 8.65. The average molecular weight is 478 g/mol. The normalized spacial score (nSPS) is 18.5. The number of hydrogen-bond donors (Lipinski definition) is 0. The lowest BCUT2D eigenvalue weighted by atomic mass is 10.3. The zero-order valence-electron chi connectivity index (χ0n) is 16.6. The van der Waals surface area contributed by atoms with E-state index >= 15 is 0 Å². The first-order chi connectivity index (χ1) is 14.7. The van der Waals surface area contributed by atoms with Crippen molar-refractivity contribution in [1.82, 2.24) is 14.8 Å². The van der Waals surface area contributed by atoms with Crippen LogP contribution >= 0.6 is 11.6 Å². The second-order valence-electron chi connectivity index (χ2n) is 6.79. The molecule has 2 atom stereocenters. The minimum Gasteiger partial charge on any atom is -0.616 e. The van der Waals surface area contributed by atoms with Crippen LogP contribution in [0.2, 0.25) is 5.15 Å². The first kappa shape index (κ1) is 23.4. The summed E-state index contributed by atoms with van der Waals surface area (Å²) in [5.74, 6) is -5.59. The summed E-state index contributed by atoms with van der Waals surface area (Å²) in [6.45, 7) is 1.81. The number of aromatic nitrogens is 3. The fraction of sp³-hybridized carbons (Fsp3) is 0.444. The molecule has 0 aliphatic heterocycles. The third-order valence-corrected chi connectivity index (χ3v) is 6.19. The quantitative estimate of drug-likeness (QED) is 0.314. The molecule has 0 N–H and O–H groups in total. The number of amides is 1. The highest BCUT2D eigenvalue weighted by atomic mass is 35.5. The zero-order valence-corrected chi connectivity index (χ0v) is 18.2. The van der Waals surface area contributed by atoms with Gasteiger partial charge in [0.25, 0.3) is 11.8 Å². The molecule has 2 unspecified atom stereocenters. The van der Waals surface area contributed by atoms with Crippen LogP contribution in [0.15, 0.2) is 29.8 Å². The van der Waals surface area contributed by atoms with Gasteiger partial charge in [0.1, 0.15) is 24.4 Å². The molecule has 1 fully saturated rings. The van der Waals surface area contributed by atoms with Crippen LogP contribution in [0, 0.1) is 11.7 Å². The van der Waals surface area contributed by atoms with Gasteiger partial charge in [0, 0.05) is 19.0 Å². The Labute approximate surface area is 184 Å². The molecule has 3 rings (SSSR count). The van der Waals surface area contributed by atoms with Gasteiger partial charge in [-0.15, -0.1) is 0 Å². The lowest BCUT2D eigenvalue weighted by Crippen LogP contribution is -2.40. The molecule has 2 aromatic rings. The van der Waals surface area contributed by atoms with E-state index in [9.17, 15) is 22.5 Å². The van der Waals surface area contributed by atoms with Gasteiger partial charge in [0.2, 0.25) is 0 Å². The summed E-state index contributed by atoms with van der Waals surface area (Å²) >= 11 is 4.46. The zero-order chi connectivity index (χ0) is 22.8. The third kappa shape index (κ3) is 5.49. The molecule has 1 amide bonds. The number of alkyl halides is 2. The number of carbonyl (C=O) groups is 1. The standard InChI is InChI=1S/C18H19ClF3N5O3S/c1-3-26(15-8-27(24-16(15)19)13-4-12(20)6-23-7-13)17(28)14(25-30-2)10-31(29)9-11-5-18(11,21)22/h4,6-8,11H,3,5,9-10H2,1-2H3. The van der Waals surface area contributed by atoms with Gasteiger partial charge in [-0.2, -0.15) is 5.10 Å². The number of pyridine rings is 1. The van der Waals surface area contributed by atoms with E-state index in [0.29, 0.717) is 0 Å². The van der Waals surface area contributed by atoms with Crippen LogP contribution in [0.3, 0.4) is 0 Å². The summed E-state index contributed by atoms with van der Waals surface area (Å²) in [7, 11) is 1.21. The van der Waals surface area contributed by atoms with Crippen LogP contribution in [0.25, 0.3) is 5.69 Å². The third-order valence-electron chi connectivity index (χ3n) is 4.55. The Bertz CT molecular complexity index is 990. The Morgan fingerprint density at radius 2 is 2.23 bits per heavy atom. The van der Waals surface area contributed by atoms with Gasteiger partial charge < -0.3 is 14.3 Å². The lowest BCUT2D eigenvalue weighted by Gasteiger charge is -2.20. The second kappa shape index (κ2) is 9.45. The molecule has 1 aliphatic rings. The summed E-state index contributed by atoms with van der Waals surface area (Å²) in [4.78, 5) is 22.7.